The van der Waals surface area contributed by atoms with E-state index in [4.69, 9.17) is 0 Å². The summed E-state index contributed by atoms with van der Waals surface area (Å²) in [6.07, 6.45) is 9.66. The Morgan fingerprint density at radius 3 is 2.62 bits per heavy atom. The molecule has 0 amide bonds. The first kappa shape index (κ1) is 15.0. The monoisotopic (exact) mass is 319 g/mol. The lowest BCUT2D eigenvalue weighted by Gasteiger charge is -2.31. The molecule has 1 aromatic carbocycles. The van der Waals surface area contributed by atoms with E-state index >= 15 is 0 Å². The van der Waals surface area contributed by atoms with Crippen LogP contribution in [0.15, 0.2) is 55.1 Å². The summed E-state index contributed by atoms with van der Waals surface area (Å²) in [7, 11) is 0. The first-order valence-corrected chi connectivity index (χ1v) is 8.46. The number of nitrogens with zero attached hydrogens (tertiary/aromatic N) is 4. The van der Waals surface area contributed by atoms with Gasteiger partial charge < -0.3 is 0 Å². The Hall–Kier alpha value is -2.53. The van der Waals surface area contributed by atoms with Gasteiger partial charge in [0.25, 0.3) is 0 Å². The van der Waals surface area contributed by atoms with Gasteiger partial charge in [0.2, 0.25) is 0 Å². The van der Waals surface area contributed by atoms with Gasteiger partial charge in [-0.3, -0.25) is 20.0 Å². The lowest BCUT2D eigenvalue weighted by atomic mass is 9.93. The molecule has 1 aliphatic rings. The fourth-order valence-corrected chi connectivity index (χ4v) is 3.43. The van der Waals surface area contributed by atoms with Crippen molar-refractivity contribution in [3.63, 3.8) is 0 Å². The summed E-state index contributed by atoms with van der Waals surface area (Å²) >= 11 is 0. The molecule has 0 atom stereocenters. The molecule has 0 radical (unpaired) electrons. The largest absolute Gasteiger partial charge is 0.299 e. The van der Waals surface area contributed by atoms with Gasteiger partial charge in [0.05, 0.1) is 17.6 Å². The minimum Gasteiger partial charge on any atom is -0.299 e. The second-order valence-corrected chi connectivity index (χ2v) is 6.32. The van der Waals surface area contributed by atoms with Gasteiger partial charge in [0.1, 0.15) is 0 Å². The third kappa shape index (κ3) is 3.21. The first-order chi connectivity index (χ1) is 11.9. The standard InChI is InChI=1S/C19H21N5/c1-2-4-16(5-3-1)19-17(12-22-23-19)14-24-10-6-15(7-11-24)18-13-20-8-9-21-18/h1-5,8-9,12-13,15H,6-7,10-11,14H2,(H,22,23). The maximum Gasteiger partial charge on any atom is 0.0695 e. The molecule has 2 aromatic heterocycles. The number of H-pyrrole nitrogens is 1. The van der Waals surface area contributed by atoms with Gasteiger partial charge in [-0.25, -0.2) is 0 Å². The summed E-state index contributed by atoms with van der Waals surface area (Å²) in [5.41, 5.74) is 4.72. The van der Waals surface area contributed by atoms with E-state index in [1.165, 1.54) is 11.1 Å². The number of likely N-dealkylation sites (tertiary alicyclic amines) is 1. The molecule has 1 aliphatic heterocycles. The van der Waals surface area contributed by atoms with Crippen molar-refractivity contribution in [2.24, 2.45) is 0 Å². The van der Waals surface area contributed by atoms with Crippen LogP contribution in [0.1, 0.15) is 30.0 Å². The van der Waals surface area contributed by atoms with Gasteiger partial charge in [0.15, 0.2) is 0 Å². The predicted octanol–water partition coefficient (Wildman–Crippen LogP) is 3.25. The summed E-state index contributed by atoms with van der Waals surface area (Å²) < 4.78 is 0. The third-order valence-corrected chi connectivity index (χ3v) is 4.76. The summed E-state index contributed by atoms with van der Waals surface area (Å²) in [4.78, 5) is 11.2. The van der Waals surface area contributed by atoms with E-state index in [1.54, 1.807) is 12.4 Å². The van der Waals surface area contributed by atoms with E-state index in [-0.39, 0.29) is 0 Å². The van der Waals surface area contributed by atoms with Gasteiger partial charge in [-0.2, -0.15) is 5.10 Å². The van der Waals surface area contributed by atoms with Crippen molar-refractivity contribution in [2.45, 2.75) is 25.3 Å². The van der Waals surface area contributed by atoms with Crippen LogP contribution in [0.25, 0.3) is 11.3 Å². The Balaban J connectivity index is 1.41. The summed E-state index contributed by atoms with van der Waals surface area (Å²) in [5, 5.41) is 7.41. The van der Waals surface area contributed by atoms with Gasteiger partial charge in [-0.15, -0.1) is 0 Å². The van der Waals surface area contributed by atoms with Crippen LogP contribution in [-0.4, -0.2) is 38.2 Å². The second kappa shape index (κ2) is 6.93. The van der Waals surface area contributed by atoms with E-state index in [2.05, 4.69) is 49.3 Å². The smallest absolute Gasteiger partial charge is 0.0695 e. The highest BCUT2D eigenvalue weighted by molar-refractivity contribution is 5.62. The van der Waals surface area contributed by atoms with Crippen LogP contribution in [0.4, 0.5) is 0 Å². The molecule has 24 heavy (non-hydrogen) atoms. The van der Waals surface area contributed by atoms with Crippen LogP contribution < -0.4 is 0 Å². The zero-order chi connectivity index (χ0) is 16.2. The van der Waals surface area contributed by atoms with Gasteiger partial charge in [-0.05, 0) is 31.5 Å². The van der Waals surface area contributed by atoms with Crippen molar-refractivity contribution >= 4 is 0 Å². The molecular formula is C19H21N5. The lowest BCUT2D eigenvalue weighted by Crippen LogP contribution is -2.32. The van der Waals surface area contributed by atoms with Crippen LogP contribution in [0.5, 0.6) is 0 Å². The molecule has 1 saturated heterocycles. The topological polar surface area (TPSA) is 57.7 Å². The Morgan fingerprint density at radius 2 is 1.88 bits per heavy atom. The van der Waals surface area contributed by atoms with Crippen molar-refractivity contribution in [1.82, 2.24) is 25.1 Å². The number of benzene rings is 1. The van der Waals surface area contributed by atoms with Crippen LogP contribution in [0.3, 0.4) is 0 Å². The van der Waals surface area contributed by atoms with Crippen molar-refractivity contribution in [2.75, 3.05) is 13.1 Å². The van der Waals surface area contributed by atoms with E-state index in [0.717, 1.165) is 43.9 Å². The molecule has 1 N–H and O–H groups in total. The number of aromatic amines is 1. The molecule has 5 heteroatoms. The molecule has 122 valence electrons. The van der Waals surface area contributed by atoms with Crippen molar-refractivity contribution < 1.29 is 0 Å². The number of hydrogen-bond donors (Lipinski definition) is 1. The first-order valence-electron chi connectivity index (χ1n) is 8.46. The third-order valence-electron chi connectivity index (χ3n) is 4.76. The quantitative estimate of drug-likeness (QED) is 0.802. The Kier molecular flexibility index (Phi) is 4.34. The average Bonchev–Trinajstić information content (AvgIpc) is 3.12. The molecule has 0 spiro atoms. The molecule has 3 aromatic rings. The van der Waals surface area contributed by atoms with E-state index in [9.17, 15) is 0 Å². The highest BCUT2D eigenvalue weighted by atomic mass is 15.2. The van der Waals surface area contributed by atoms with E-state index < -0.39 is 0 Å². The SMILES string of the molecule is c1ccc(-c2[nH]ncc2CN2CCC(c3cnccn3)CC2)cc1. The fraction of sp³-hybridized carbons (Fsp3) is 0.316. The zero-order valence-corrected chi connectivity index (χ0v) is 13.6. The normalized spacial score (nSPS) is 16.3. The maximum atomic E-state index is 4.46. The molecule has 0 aliphatic carbocycles. The zero-order valence-electron chi connectivity index (χ0n) is 13.6. The van der Waals surface area contributed by atoms with Gasteiger partial charge in [0, 0.05) is 36.6 Å². The van der Waals surface area contributed by atoms with Gasteiger partial charge >= 0.3 is 0 Å². The minimum atomic E-state index is 0.535. The molecule has 0 saturated carbocycles. The number of hydrogen-bond acceptors (Lipinski definition) is 4. The number of rotatable bonds is 4. The van der Waals surface area contributed by atoms with Crippen molar-refractivity contribution in [1.29, 1.82) is 0 Å². The van der Waals surface area contributed by atoms with Crippen LogP contribution in [0, 0.1) is 0 Å². The summed E-state index contributed by atoms with van der Waals surface area (Å²) in [6, 6.07) is 10.4. The maximum absolute atomic E-state index is 4.46. The summed E-state index contributed by atoms with van der Waals surface area (Å²) in [6.45, 7) is 3.11. The summed E-state index contributed by atoms with van der Waals surface area (Å²) in [5.74, 6) is 0.535. The van der Waals surface area contributed by atoms with Gasteiger partial charge in [-0.1, -0.05) is 30.3 Å². The van der Waals surface area contributed by atoms with E-state index in [1.807, 2.05) is 18.5 Å². The predicted molar refractivity (Wildman–Crippen MR) is 93.3 cm³/mol. The average molecular weight is 319 g/mol. The van der Waals surface area contributed by atoms with Crippen LogP contribution >= 0.6 is 0 Å². The lowest BCUT2D eigenvalue weighted by molar-refractivity contribution is 0.203. The minimum absolute atomic E-state index is 0.535. The Bertz CT molecular complexity index is 761. The fourth-order valence-electron chi connectivity index (χ4n) is 3.43. The number of piperidine rings is 1. The number of aromatic nitrogens is 4. The van der Waals surface area contributed by atoms with E-state index in [0.29, 0.717) is 5.92 Å². The molecule has 0 unspecified atom stereocenters. The Labute approximate surface area is 141 Å². The highest BCUT2D eigenvalue weighted by Gasteiger charge is 2.22. The molecule has 1 fully saturated rings. The second-order valence-electron chi connectivity index (χ2n) is 6.32. The molecule has 4 rings (SSSR count). The number of nitrogens with one attached hydrogen (secondary N) is 1. The van der Waals surface area contributed by atoms with Crippen molar-refractivity contribution in [3.8, 4) is 11.3 Å². The molecule has 5 nitrogen and oxygen atoms in total. The molecule has 0 bridgehead atoms. The van der Waals surface area contributed by atoms with Crippen LogP contribution in [0.2, 0.25) is 0 Å². The molecular weight excluding hydrogens is 298 g/mol. The van der Waals surface area contributed by atoms with Crippen LogP contribution in [-0.2, 0) is 6.54 Å². The Morgan fingerprint density at radius 1 is 1.04 bits per heavy atom. The molecule has 3 heterocycles. The van der Waals surface area contributed by atoms with Crippen molar-refractivity contribution in [3.05, 3.63) is 66.4 Å². The highest BCUT2D eigenvalue weighted by Crippen LogP contribution is 2.28.